The molecule has 2 aliphatic carbocycles. The smallest absolute Gasteiger partial charge is 0.350 e. The van der Waals surface area contributed by atoms with Crippen molar-refractivity contribution in [1.82, 2.24) is 0 Å². The molecule has 1 N–H and O–H groups in total. The van der Waals surface area contributed by atoms with E-state index in [0.29, 0.717) is 25.0 Å². The van der Waals surface area contributed by atoms with Crippen LogP contribution >= 0.6 is 15.9 Å². The molecule has 0 unspecified atom stereocenters. The molecule has 0 bridgehead atoms. The second-order valence-corrected chi connectivity index (χ2v) is 12.2. The molecule has 2 aromatic rings. The summed E-state index contributed by atoms with van der Waals surface area (Å²) in [5.74, 6) is -1.03. The van der Waals surface area contributed by atoms with Gasteiger partial charge >= 0.3 is 17.9 Å². The van der Waals surface area contributed by atoms with Crippen LogP contribution in [0.3, 0.4) is 0 Å². The molecule has 3 aliphatic rings. The maximum Gasteiger partial charge on any atom is 0.350 e. The van der Waals surface area contributed by atoms with Gasteiger partial charge in [-0.15, -0.1) is 0 Å². The first kappa shape index (κ1) is 33.4. The Morgan fingerprint density at radius 2 is 1.57 bits per heavy atom. The number of hydrogen-bond donors (Lipinski definition) is 1. The number of ether oxygens (including phenoxy) is 3. The van der Waals surface area contributed by atoms with Crippen molar-refractivity contribution >= 4 is 39.4 Å². The molecule has 2 aromatic carbocycles. The molecule has 2 saturated carbocycles. The van der Waals surface area contributed by atoms with Crippen LogP contribution in [0.15, 0.2) is 46.6 Å². The Morgan fingerprint density at radius 1 is 0.952 bits per heavy atom. The molecular formula is C34H43BrO7. The lowest BCUT2D eigenvalue weighted by Gasteiger charge is -2.26. The van der Waals surface area contributed by atoms with Crippen LogP contribution in [0.1, 0.15) is 93.5 Å². The molecule has 0 aromatic heterocycles. The summed E-state index contributed by atoms with van der Waals surface area (Å²) in [6.45, 7) is 7.93. The maximum absolute atomic E-state index is 12.3. The summed E-state index contributed by atoms with van der Waals surface area (Å²) in [7, 11) is 0. The number of esters is 3. The van der Waals surface area contributed by atoms with Crippen molar-refractivity contribution in [3.8, 4) is 0 Å². The minimum Gasteiger partial charge on any atom is -0.507 e. The van der Waals surface area contributed by atoms with Crippen LogP contribution in [0.5, 0.6) is 0 Å². The van der Waals surface area contributed by atoms with Gasteiger partial charge in [0.2, 0.25) is 5.60 Å². The number of aryl methyl sites for hydroxylation is 3. The zero-order valence-corrected chi connectivity index (χ0v) is 25.9. The third kappa shape index (κ3) is 7.08. The van der Waals surface area contributed by atoms with E-state index in [2.05, 4.69) is 15.9 Å². The van der Waals surface area contributed by atoms with Crippen LogP contribution in [-0.4, -0.2) is 40.8 Å². The number of hydrogen-bond acceptors (Lipinski definition) is 7. The molecule has 1 heterocycles. The highest BCUT2D eigenvalue weighted by Gasteiger charge is 2.50. The van der Waals surface area contributed by atoms with E-state index in [9.17, 15) is 19.5 Å². The molecule has 0 radical (unpaired) electrons. The Hall–Kier alpha value is -3.13. The highest BCUT2D eigenvalue weighted by molar-refractivity contribution is 9.10. The zero-order valence-electron chi connectivity index (χ0n) is 24.3. The molecule has 1 spiro atoms. The second-order valence-electron chi connectivity index (χ2n) is 11.3. The number of carbonyl (C=O) groups excluding carboxylic acids is 3. The first-order valence-corrected chi connectivity index (χ1v) is 15.2. The van der Waals surface area contributed by atoms with Gasteiger partial charge in [-0.3, -0.25) is 4.79 Å². The molecule has 0 amide bonds. The molecule has 0 saturated heterocycles. The number of aliphatic hydroxyl groups is 1. The van der Waals surface area contributed by atoms with Crippen LogP contribution in [-0.2, 0) is 35.0 Å². The average molecular weight is 644 g/mol. The Morgan fingerprint density at radius 3 is 2.21 bits per heavy atom. The summed E-state index contributed by atoms with van der Waals surface area (Å²) in [6, 6.07) is 11.7. The number of carbonyl (C=O) groups is 3. The van der Waals surface area contributed by atoms with Crippen LogP contribution in [0.25, 0.3) is 5.57 Å². The van der Waals surface area contributed by atoms with E-state index in [4.69, 9.17) is 14.2 Å². The van der Waals surface area contributed by atoms with Crippen molar-refractivity contribution in [2.45, 2.75) is 104 Å². The number of aliphatic hydroxyl groups excluding tert-OH is 1. The molecule has 0 atom stereocenters. The van der Waals surface area contributed by atoms with E-state index in [1.807, 2.05) is 57.2 Å². The lowest BCUT2D eigenvalue weighted by molar-refractivity contribution is -0.181. The van der Waals surface area contributed by atoms with Crippen molar-refractivity contribution in [2.24, 2.45) is 0 Å². The Kier molecular flexibility index (Phi) is 11.0. The molecule has 1 aliphatic heterocycles. The van der Waals surface area contributed by atoms with E-state index < -0.39 is 17.2 Å². The third-order valence-electron chi connectivity index (χ3n) is 8.25. The summed E-state index contributed by atoms with van der Waals surface area (Å²) in [5, 5.41) is 10.5. The quantitative estimate of drug-likeness (QED) is 0.253. The highest BCUT2D eigenvalue weighted by atomic mass is 79.9. The van der Waals surface area contributed by atoms with E-state index in [1.165, 1.54) is 0 Å². The fraction of sp³-hybridized carbons (Fsp3) is 0.500. The van der Waals surface area contributed by atoms with Crippen LogP contribution in [0.4, 0.5) is 0 Å². The first-order chi connectivity index (χ1) is 19.5. The standard InChI is InChI=1S/C17H21BrO4.C16H18O3.CH4/c1-3-21-16(20)17(8-4-5-9-17)22-15(19)11-13-10-14(18)7-6-12(13)2;1-10-5-6-11(2)12(9-10)13-14(17)16(19-15(13)18)7-3-4-8-16;/h6-7,10H,3-5,8-9,11H2,1-2H3;5-6,9,17H,3-4,7-8H2,1-2H3;1H4. The second kappa shape index (κ2) is 13.9. The molecular weight excluding hydrogens is 600 g/mol. The molecule has 8 heteroatoms. The summed E-state index contributed by atoms with van der Waals surface area (Å²) in [5.41, 5.74) is 3.33. The van der Waals surface area contributed by atoms with Crippen molar-refractivity contribution in [2.75, 3.05) is 6.61 Å². The summed E-state index contributed by atoms with van der Waals surface area (Å²) < 4.78 is 17.1. The van der Waals surface area contributed by atoms with Gasteiger partial charge in [0.1, 0.15) is 5.57 Å². The van der Waals surface area contributed by atoms with Crippen molar-refractivity contribution < 1.29 is 33.7 Å². The largest absolute Gasteiger partial charge is 0.507 e. The minimum absolute atomic E-state index is 0. The maximum atomic E-state index is 12.3. The van der Waals surface area contributed by atoms with Gasteiger partial charge in [0.15, 0.2) is 11.4 Å². The molecule has 228 valence electrons. The topological polar surface area (TPSA) is 99.1 Å². The van der Waals surface area contributed by atoms with E-state index in [-0.39, 0.29) is 31.5 Å². The molecule has 42 heavy (non-hydrogen) atoms. The third-order valence-corrected chi connectivity index (χ3v) is 8.74. The normalized spacial score (nSPS) is 18.2. The van der Waals surface area contributed by atoms with Gasteiger partial charge in [-0.1, -0.05) is 53.2 Å². The molecule has 7 nitrogen and oxygen atoms in total. The predicted octanol–water partition coefficient (Wildman–Crippen LogP) is 7.80. The van der Waals surface area contributed by atoms with Gasteiger partial charge in [0, 0.05) is 4.47 Å². The van der Waals surface area contributed by atoms with Gasteiger partial charge in [0.25, 0.3) is 0 Å². The van der Waals surface area contributed by atoms with Gasteiger partial charge in [0.05, 0.1) is 13.0 Å². The SMILES string of the molecule is C.CCOC(=O)C1(OC(=O)Cc2cc(Br)ccc2C)CCCC1.Cc1ccc(C)c(C2=C(O)C3(CCCC3)OC2=O)c1. The highest BCUT2D eigenvalue weighted by Crippen LogP contribution is 2.47. The van der Waals surface area contributed by atoms with E-state index in [1.54, 1.807) is 6.92 Å². The average Bonchev–Trinajstić information content (AvgIpc) is 3.65. The predicted molar refractivity (Wildman–Crippen MR) is 166 cm³/mol. The molecule has 5 rings (SSSR count). The fourth-order valence-electron chi connectivity index (χ4n) is 5.93. The summed E-state index contributed by atoms with van der Waals surface area (Å²) >= 11 is 3.40. The lowest BCUT2D eigenvalue weighted by atomic mass is 9.93. The Bertz CT molecular complexity index is 1350. The number of rotatable bonds is 6. The van der Waals surface area contributed by atoms with E-state index >= 15 is 0 Å². The lowest BCUT2D eigenvalue weighted by Crippen LogP contribution is -2.42. The summed E-state index contributed by atoms with van der Waals surface area (Å²) in [4.78, 5) is 36.6. The van der Waals surface area contributed by atoms with Crippen LogP contribution in [0, 0.1) is 20.8 Å². The van der Waals surface area contributed by atoms with Gasteiger partial charge in [-0.2, -0.15) is 0 Å². The van der Waals surface area contributed by atoms with Crippen LogP contribution < -0.4 is 0 Å². The Labute approximate surface area is 257 Å². The van der Waals surface area contributed by atoms with Crippen molar-refractivity contribution in [1.29, 1.82) is 0 Å². The Balaban J connectivity index is 0.000000227. The fourth-order valence-corrected chi connectivity index (χ4v) is 6.33. The van der Waals surface area contributed by atoms with Gasteiger partial charge in [-0.05, 0) is 113 Å². The van der Waals surface area contributed by atoms with Gasteiger partial charge in [-0.25, -0.2) is 9.59 Å². The first-order valence-electron chi connectivity index (χ1n) is 14.4. The van der Waals surface area contributed by atoms with Gasteiger partial charge < -0.3 is 19.3 Å². The van der Waals surface area contributed by atoms with Crippen LogP contribution in [0.2, 0.25) is 0 Å². The zero-order chi connectivity index (χ0) is 29.8. The number of benzene rings is 2. The van der Waals surface area contributed by atoms with Crippen molar-refractivity contribution in [3.05, 3.63) is 74.4 Å². The van der Waals surface area contributed by atoms with Crippen molar-refractivity contribution in [3.63, 3.8) is 0 Å². The minimum atomic E-state index is -1.08. The van der Waals surface area contributed by atoms with E-state index in [0.717, 1.165) is 70.8 Å². The monoisotopic (exact) mass is 642 g/mol. The molecule has 2 fully saturated rings. The number of halogens is 1. The summed E-state index contributed by atoms with van der Waals surface area (Å²) in [6.07, 6.45) is 6.48.